The van der Waals surface area contributed by atoms with E-state index in [1.807, 2.05) is 20.8 Å². The number of carbonyl (C=O) groups excluding carboxylic acids is 1. The van der Waals surface area contributed by atoms with Crippen LogP contribution in [0.5, 0.6) is 5.88 Å². The molecular formula is C30H34FN3O4S. The number of hydrogen-bond acceptors (Lipinski definition) is 5. The van der Waals surface area contributed by atoms with Crippen molar-refractivity contribution in [3.8, 4) is 18.7 Å². The van der Waals surface area contributed by atoms with E-state index < -0.39 is 33.4 Å². The number of fused-ring (bicyclic) bond motifs is 1. The molecule has 0 radical (unpaired) electrons. The molecule has 3 aromatic rings. The Balaban J connectivity index is 0.00000205. The van der Waals surface area contributed by atoms with Gasteiger partial charge in [0.1, 0.15) is 11.4 Å². The molecule has 0 fully saturated rings. The highest BCUT2D eigenvalue weighted by molar-refractivity contribution is 7.89. The summed E-state index contributed by atoms with van der Waals surface area (Å²) in [5.74, 6) is -0.681. The molecule has 0 spiro atoms. The normalized spacial score (nSPS) is 15.7. The third-order valence-corrected chi connectivity index (χ3v) is 7.95. The summed E-state index contributed by atoms with van der Waals surface area (Å²) < 4.78 is 50.0. The number of amides is 1. The van der Waals surface area contributed by atoms with Crippen LogP contribution in [-0.2, 0) is 16.4 Å². The van der Waals surface area contributed by atoms with E-state index in [4.69, 9.17) is 4.74 Å². The highest BCUT2D eigenvalue weighted by atomic mass is 32.2. The lowest BCUT2D eigenvalue weighted by Crippen LogP contribution is -2.42. The third-order valence-electron chi connectivity index (χ3n) is 6.46. The predicted molar refractivity (Wildman–Crippen MR) is 151 cm³/mol. The van der Waals surface area contributed by atoms with Crippen LogP contribution >= 0.6 is 0 Å². The molecule has 1 aliphatic rings. The lowest BCUT2D eigenvalue weighted by Gasteiger charge is -2.37. The number of rotatable bonds is 7. The molecule has 2 aromatic carbocycles. The summed E-state index contributed by atoms with van der Waals surface area (Å²) in [5, 5.41) is 0. The molecule has 0 bridgehead atoms. The average molecular weight is 552 g/mol. The SMILES string of the molecule is C#C.CCc1ccc(S(=O)(=O)N[C@H]2CC(C)(C)Oc3ncc(C(=O)N(CC)c4ccc(C)cc4F)cc32)cc1. The standard InChI is InChI=1S/C28H32FN3O4S.C2H2/c1-6-19-9-11-21(12-10-19)37(34,35)31-24-16-28(4,5)36-26-22(24)15-20(17-30-26)27(33)32(7-2)25-13-8-18(3)14-23(25)29;1-2/h8-15,17,24,31H,6-7,16H2,1-5H3;1-2H/t24-;/m0./s1. The van der Waals surface area contributed by atoms with Crippen LogP contribution in [0, 0.1) is 25.6 Å². The van der Waals surface area contributed by atoms with Crippen LogP contribution in [0.15, 0.2) is 59.6 Å². The van der Waals surface area contributed by atoms with Crippen LogP contribution in [0.25, 0.3) is 0 Å². The maximum absolute atomic E-state index is 14.7. The zero-order chi connectivity index (χ0) is 29.0. The van der Waals surface area contributed by atoms with Crippen LogP contribution in [0.2, 0.25) is 0 Å². The maximum atomic E-state index is 14.7. The Morgan fingerprint density at radius 3 is 2.41 bits per heavy atom. The molecule has 1 atom stereocenters. The molecule has 1 aliphatic heterocycles. The Labute approximate surface area is 230 Å². The van der Waals surface area contributed by atoms with Crippen molar-refractivity contribution in [2.75, 3.05) is 11.4 Å². The van der Waals surface area contributed by atoms with Gasteiger partial charge in [-0.1, -0.05) is 25.1 Å². The summed E-state index contributed by atoms with van der Waals surface area (Å²) >= 11 is 0. The number of sulfonamides is 1. The van der Waals surface area contributed by atoms with Gasteiger partial charge in [-0.2, -0.15) is 0 Å². The maximum Gasteiger partial charge on any atom is 0.259 e. The van der Waals surface area contributed by atoms with Crippen molar-refractivity contribution >= 4 is 21.6 Å². The van der Waals surface area contributed by atoms with E-state index in [9.17, 15) is 17.6 Å². The molecular weight excluding hydrogens is 517 g/mol. The number of benzene rings is 2. The molecule has 7 nitrogen and oxygen atoms in total. The number of aromatic nitrogens is 1. The van der Waals surface area contributed by atoms with Gasteiger partial charge in [-0.25, -0.2) is 22.5 Å². The number of carbonyl (C=O) groups is 1. The molecule has 2 heterocycles. The Morgan fingerprint density at radius 2 is 1.82 bits per heavy atom. The number of ether oxygens (including phenoxy) is 1. The van der Waals surface area contributed by atoms with Crippen LogP contribution in [0.3, 0.4) is 0 Å². The van der Waals surface area contributed by atoms with Gasteiger partial charge < -0.3 is 9.64 Å². The molecule has 9 heteroatoms. The van der Waals surface area contributed by atoms with E-state index in [2.05, 4.69) is 22.6 Å². The highest BCUT2D eigenvalue weighted by Crippen LogP contribution is 2.39. The number of halogens is 1. The van der Waals surface area contributed by atoms with Crippen LogP contribution < -0.4 is 14.4 Å². The summed E-state index contributed by atoms with van der Waals surface area (Å²) in [5.41, 5.74) is 1.93. The van der Waals surface area contributed by atoms with Gasteiger partial charge >= 0.3 is 0 Å². The first kappa shape index (κ1) is 29.8. The molecule has 206 valence electrons. The van der Waals surface area contributed by atoms with Gasteiger partial charge in [0, 0.05) is 24.7 Å². The van der Waals surface area contributed by atoms with Gasteiger partial charge in [-0.15, -0.1) is 12.8 Å². The van der Waals surface area contributed by atoms with Crippen LogP contribution in [0.4, 0.5) is 10.1 Å². The van der Waals surface area contributed by atoms with Gasteiger partial charge in [0.2, 0.25) is 15.9 Å². The molecule has 1 amide bonds. The zero-order valence-electron chi connectivity index (χ0n) is 22.9. The number of nitrogens with one attached hydrogen (secondary N) is 1. The third kappa shape index (κ3) is 6.64. The minimum Gasteiger partial charge on any atom is -0.471 e. The minimum absolute atomic E-state index is 0.155. The Bertz CT molecular complexity index is 1470. The molecule has 0 unspecified atom stereocenters. The fourth-order valence-corrected chi connectivity index (χ4v) is 5.72. The second-order valence-electron chi connectivity index (χ2n) is 9.86. The van der Waals surface area contributed by atoms with Crippen molar-refractivity contribution in [2.45, 2.75) is 64.0 Å². The quantitative estimate of drug-likeness (QED) is 0.387. The van der Waals surface area contributed by atoms with Gasteiger partial charge in [0.25, 0.3) is 5.91 Å². The smallest absolute Gasteiger partial charge is 0.259 e. The Hall–Kier alpha value is -3.74. The Kier molecular flexibility index (Phi) is 9.15. The fraction of sp³-hybridized carbons (Fsp3) is 0.333. The summed E-state index contributed by atoms with van der Waals surface area (Å²) in [6.45, 7) is 9.49. The summed E-state index contributed by atoms with van der Waals surface area (Å²) in [4.78, 5) is 19.3. The molecule has 0 aliphatic carbocycles. The van der Waals surface area contributed by atoms with Crippen molar-refractivity contribution in [2.24, 2.45) is 0 Å². The van der Waals surface area contributed by atoms with Crippen molar-refractivity contribution < 1.29 is 22.3 Å². The zero-order valence-corrected chi connectivity index (χ0v) is 23.7. The second kappa shape index (κ2) is 12.0. The van der Waals surface area contributed by atoms with E-state index in [0.717, 1.165) is 17.5 Å². The first-order valence-electron chi connectivity index (χ1n) is 12.7. The van der Waals surface area contributed by atoms with E-state index in [1.54, 1.807) is 56.3 Å². The lowest BCUT2D eigenvalue weighted by atomic mass is 9.91. The number of nitrogens with zero attached hydrogens (tertiary/aromatic N) is 2. The van der Waals surface area contributed by atoms with E-state index in [1.165, 1.54) is 17.2 Å². The Morgan fingerprint density at radius 1 is 1.15 bits per heavy atom. The largest absolute Gasteiger partial charge is 0.471 e. The minimum atomic E-state index is -3.86. The van der Waals surface area contributed by atoms with Crippen molar-refractivity contribution in [1.82, 2.24) is 9.71 Å². The molecule has 39 heavy (non-hydrogen) atoms. The number of pyridine rings is 1. The number of anilines is 1. The summed E-state index contributed by atoms with van der Waals surface area (Å²) in [7, 11) is -3.86. The van der Waals surface area contributed by atoms with Gasteiger partial charge in [0.05, 0.1) is 22.2 Å². The van der Waals surface area contributed by atoms with Crippen LogP contribution in [-0.4, -0.2) is 31.5 Å². The van der Waals surface area contributed by atoms with Crippen LogP contribution in [0.1, 0.15) is 67.2 Å². The topological polar surface area (TPSA) is 88.6 Å². The predicted octanol–water partition coefficient (Wildman–Crippen LogP) is 5.59. The number of aryl methyl sites for hydroxylation is 2. The van der Waals surface area contributed by atoms with Crippen molar-refractivity contribution in [3.05, 3.63) is 82.8 Å². The summed E-state index contributed by atoms with van der Waals surface area (Å²) in [6.07, 6.45) is 10.5. The van der Waals surface area contributed by atoms with Crippen molar-refractivity contribution in [1.29, 1.82) is 0 Å². The monoisotopic (exact) mass is 551 g/mol. The van der Waals surface area contributed by atoms with Crippen molar-refractivity contribution in [3.63, 3.8) is 0 Å². The molecule has 0 saturated heterocycles. The van der Waals surface area contributed by atoms with Gasteiger partial charge in [0.15, 0.2) is 0 Å². The molecule has 1 N–H and O–H groups in total. The number of hydrogen-bond donors (Lipinski definition) is 1. The van der Waals surface area contributed by atoms with Gasteiger partial charge in [-0.3, -0.25) is 4.79 Å². The summed E-state index contributed by atoms with van der Waals surface area (Å²) in [6, 6.07) is 12.3. The first-order chi connectivity index (χ1) is 18.4. The van der Waals surface area contributed by atoms with E-state index in [-0.39, 0.29) is 28.6 Å². The second-order valence-corrected chi connectivity index (χ2v) is 11.6. The fourth-order valence-electron chi connectivity index (χ4n) is 4.50. The van der Waals surface area contributed by atoms with E-state index >= 15 is 0 Å². The highest BCUT2D eigenvalue weighted by Gasteiger charge is 2.38. The lowest BCUT2D eigenvalue weighted by molar-refractivity contribution is 0.0640. The molecule has 0 saturated carbocycles. The van der Waals surface area contributed by atoms with Gasteiger partial charge in [-0.05, 0) is 75.6 Å². The van der Waals surface area contributed by atoms with E-state index in [0.29, 0.717) is 12.0 Å². The number of terminal acetylenes is 1. The molecule has 4 rings (SSSR count). The molecule has 1 aromatic heterocycles. The average Bonchev–Trinajstić information content (AvgIpc) is 2.90. The first-order valence-corrected chi connectivity index (χ1v) is 14.1.